The minimum absolute atomic E-state index is 0.432. The van der Waals surface area contributed by atoms with Gasteiger partial charge in [-0.3, -0.25) is 4.90 Å². The number of aromatic nitrogens is 2. The van der Waals surface area contributed by atoms with Gasteiger partial charge in [-0.25, -0.2) is 4.98 Å². The summed E-state index contributed by atoms with van der Waals surface area (Å²) in [5.41, 5.74) is 4.08. The second-order valence-corrected chi connectivity index (χ2v) is 17.9. The van der Waals surface area contributed by atoms with Crippen LogP contribution in [0.4, 0.5) is 28.8 Å². The minimum Gasteiger partial charge on any atom is -0.494 e. The molecule has 3 heterocycles. The van der Waals surface area contributed by atoms with Crippen LogP contribution >= 0.6 is 23.1 Å². The first-order chi connectivity index (χ1) is 24.1. The zero-order valence-electron chi connectivity index (χ0n) is 29.7. The van der Waals surface area contributed by atoms with Crippen molar-refractivity contribution >= 4 is 78.7 Å². The van der Waals surface area contributed by atoms with Crippen molar-refractivity contribution in [2.24, 2.45) is 0 Å². The second kappa shape index (κ2) is 14.5. The van der Waals surface area contributed by atoms with Crippen LogP contribution < -0.4 is 25.6 Å². The molecule has 2 aliphatic heterocycles. The molecule has 0 saturated carbocycles. The highest BCUT2D eigenvalue weighted by atomic mass is 79.9. The summed E-state index contributed by atoms with van der Waals surface area (Å²) in [5.74, 6) is 1.76. The van der Waals surface area contributed by atoms with Gasteiger partial charge in [0.05, 0.1) is 23.0 Å². The zero-order valence-corrected chi connectivity index (χ0v) is 32.2. The summed E-state index contributed by atoms with van der Waals surface area (Å²) >= 11 is 3.65. The van der Waals surface area contributed by atoms with Crippen LogP contribution in [0.25, 0.3) is 21.5 Å². The maximum absolute atomic E-state index is 13.8. The van der Waals surface area contributed by atoms with E-state index in [2.05, 4.69) is 103 Å². The highest BCUT2D eigenvalue weighted by molar-refractivity contribution is 9.10. The average Bonchev–Trinajstić information content (AvgIpc) is 3.12. The number of fused-ring (bicyclic) bond motifs is 3. The number of nitrogens with one attached hydrogen (secondary N) is 2. The third-order valence-corrected chi connectivity index (χ3v) is 12.5. The van der Waals surface area contributed by atoms with Crippen molar-refractivity contribution in [2.45, 2.75) is 32.2 Å². The third-order valence-electron chi connectivity index (χ3n) is 10.3. The largest absolute Gasteiger partial charge is 0.494 e. The first-order valence-electron chi connectivity index (χ1n) is 17.6. The molecule has 0 amide bonds. The van der Waals surface area contributed by atoms with Crippen molar-refractivity contribution in [1.82, 2.24) is 19.8 Å². The maximum atomic E-state index is 13.8. The van der Waals surface area contributed by atoms with Crippen LogP contribution in [0.1, 0.15) is 25.3 Å². The lowest BCUT2D eigenvalue weighted by Crippen LogP contribution is -2.52. The lowest BCUT2D eigenvalue weighted by atomic mass is 9.99. The van der Waals surface area contributed by atoms with Gasteiger partial charge in [-0.1, -0.05) is 49.4 Å². The molecule has 2 aliphatic rings. The van der Waals surface area contributed by atoms with E-state index in [1.165, 1.54) is 37.2 Å². The number of anilines is 5. The molecule has 11 heteroatoms. The SMILES string of the molecule is CCc1cc(Nc2ncc(Br)c(Nc3ccc4c(ccc5ccccc54)c3P(C)(C)=O)n2)c(OC)cc1N1CCC(N2CCN(C)CC2)CC1. The number of aryl methyl sites for hydroxylation is 1. The molecule has 262 valence electrons. The van der Waals surface area contributed by atoms with Crippen molar-refractivity contribution in [3.8, 4) is 5.75 Å². The number of methoxy groups -OCH3 is 1. The van der Waals surface area contributed by atoms with Gasteiger partial charge in [-0.2, -0.15) is 4.98 Å². The minimum atomic E-state index is -2.71. The highest BCUT2D eigenvalue weighted by Crippen LogP contribution is 2.43. The summed E-state index contributed by atoms with van der Waals surface area (Å²) in [6.45, 7) is 12.6. The van der Waals surface area contributed by atoms with Crippen molar-refractivity contribution in [2.75, 3.05) is 82.3 Å². The molecule has 0 aliphatic carbocycles. The molecule has 9 nitrogen and oxygen atoms in total. The van der Waals surface area contributed by atoms with Gasteiger partial charge in [0.25, 0.3) is 0 Å². The Morgan fingerprint density at radius 1 is 0.900 bits per heavy atom. The number of halogens is 1. The van der Waals surface area contributed by atoms with Crippen molar-refractivity contribution < 1.29 is 9.30 Å². The molecule has 2 fully saturated rings. The van der Waals surface area contributed by atoms with E-state index >= 15 is 0 Å². The summed E-state index contributed by atoms with van der Waals surface area (Å²) in [6, 6.07) is 21.6. The van der Waals surface area contributed by atoms with Crippen molar-refractivity contribution in [3.05, 3.63) is 76.9 Å². The fourth-order valence-electron chi connectivity index (χ4n) is 7.63. The van der Waals surface area contributed by atoms with Gasteiger partial charge in [0.2, 0.25) is 5.95 Å². The number of likely N-dealkylation sites (N-methyl/N-ethyl adjacent to an activating group) is 1. The Bertz CT molecular complexity index is 2070. The van der Waals surface area contributed by atoms with Gasteiger partial charge < -0.3 is 29.7 Å². The Hall–Kier alpha value is -3.69. The van der Waals surface area contributed by atoms with E-state index in [-0.39, 0.29) is 0 Å². The summed E-state index contributed by atoms with van der Waals surface area (Å²) in [5, 5.41) is 12.1. The molecule has 0 spiro atoms. The Labute approximate surface area is 303 Å². The summed E-state index contributed by atoms with van der Waals surface area (Å²) in [7, 11) is 1.22. The second-order valence-electron chi connectivity index (χ2n) is 13.9. The molecular weight excluding hydrogens is 709 g/mol. The molecule has 7 rings (SSSR count). The van der Waals surface area contributed by atoms with Crippen LogP contribution in [0.3, 0.4) is 0 Å². The number of piperazine rings is 1. The molecule has 50 heavy (non-hydrogen) atoms. The summed E-state index contributed by atoms with van der Waals surface area (Å²) in [4.78, 5) is 17.1. The van der Waals surface area contributed by atoms with E-state index in [0.29, 0.717) is 22.3 Å². The van der Waals surface area contributed by atoms with Gasteiger partial charge in [0, 0.05) is 68.6 Å². The lowest BCUT2D eigenvalue weighted by Gasteiger charge is -2.43. The molecule has 2 N–H and O–H groups in total. The van der Waals surface area contributed by atoms with E-state index < -0.39 is 7.14 Å². The van der Waals surface area contributed by atoms with Crippen LogP contribution in [-0.4, -0.2) is 92.6 Å². The van der Waals surface area contributed by atoms with Gasteiger partial charge in [0.1, 0.15) is 18.7 Å². The average molecular weight is 757 g/mol. The number of rotatable bonds is 9. The van der Waals surface area contributed by atoms with Gasteiger partial charge >= 0.3 is 0 Å². The van der Waals surface area contributed by atoms with E-state index in [0.717, 1.165) is 76.6 Å². The van der Waals surface area contributed by atoms with Gasteiger partial charge in [-0.05, 0) is 94.8 Å². The monoisotopic (exact) mass is 755 g/mol. The first kappa shape index (κ1) is 34.7. The normalized spacial score (nSPS) is 16.6. The van der Waals surface area contributed by atoms with E-state index in [4.69, 9.17) is 9.72 Å². The first-order valence-corrected chi connectivity index (χ1v) is 21.0. The number of ether oxygens (including phenoxy) is 1. The molecular formula is C39H47BrN7O2P. The third kappa shape index (κ3) is 7.09. The predicted octanol–water partition coefficient (Wildman–Crippen LogP) is 8.07. The topological polar surface area (TPSA) is 85.9 Å². The Kier molecular flexibility index (Phi) is 10.1. The molecule has 5 aromatic rings. The molecule has 4 aromatic carbocycles. The van der Waals surface area contributed by atoms with Crippen molar-refractivity contribution in [1.29, 1.82) is 0 Å². The number of benzene rings is 4. The number of nitrogens with zero attached hydrogens (tertiary/aromatic N) is 5. The van der Waals surface area contributed by atoms with Crippen molar-refractivity contribution in [3.63, 3.8) is 0 Å². The van der Waals surface area contributed by atoms with Crippen LogP contribution in [0.2, 0.25) is 0 Å². The Balaban J connectivity index is 1.14. The predicted molar refractivity (Wildman–Crippen MR) is 214 cm³/mol. The molecule has 2 saturated heterocycles. The van der Waals surface area contributed by atoms with Crippen LogP contribution in [0.5, 0.6) is 5.75 Å². The standard InChI is InChI=1S/C39H47BrN7O2P/c1-6-26-23-34(36(49-3)24-35(26)47-17-15-28(16-18-47)46-21-19-45(2)20-22-46)43-39-41-25-32(40)38(44-39)42-33-14-13-30-29-10-8-7-9-27(29)11-12-31(30)37(33)50(4,5)48/h7-14,23-25,28H,6,15-22H2,1-5H3,(H2,41,42,43,44). The zero-order chi connectivity index (χ0) is 35.0. The Morgan fingerprint density at radius 2 is 1.64 bits per heavy atom. The van der Waals surface area contributed by atoms with Gasteiger partial charge in [-0.15, -0.1) is 0 Å². The number of hydrogen-bond acceptors (Lipinski definition) is 9. The van der Waals surface area contributed by atoms with Gasteiger partial charge in [0.15, 0.2) is 0 Å². The fourth-order valence-corrected chi connectivity index (χ4v) is 9.41. The quantitative estimate of drug-likeness (QED) is 0.115. The molecule has 0 unspecified atom stereocenters. The number of hydrogen-bond donors (Lipinski definition) is 2. The number of piperidine rings is 1. The van der Waals surface area contributed by atoms with Crippen LogP contribution in [0, 0.1) is 0 Å². The smallest absolute Gasteiger partial charge is 0.229 e. The maximum Gasteiger partial charge on any atom is 0.229 e. The van der Waals surface area contributed by atoms with Crippen LogP contribution in [-0.2, 0) is 11.0 Å². The molecule has 0 atom stereocenters. The highest BCUT2D eigenvalue weighted by Gasteiger charge is 2.28. The summed E-state index contributed by atoms with van der Waals surface area (Å²) in [6.07, 6.45) is 4.99. The van der Waals surface area contributed by atoms with E-state index in [1.807, 2.05) is 31.5 Å². The molecule has 0 radical (unpaired) electrons. The summed E-state index contributed by atoms with van der Waals surface area (Å²) < 4.78 is 20.5. The molecule has 0 bridgehead atoms. The Morgan fingerprint density at radius 3 is 2.36 bits per heavy atom. The fraction of sp³-hybridized carbons (Fsp3) is 0.385. The van der Waals surface area contributed by atoms with Crippen LogP contribution in [0.15, 0.2) is 71.3 Å². The van der Waals surface area contributed by atoms with E-state index in [1.54, 1.807) is 13.3 Å². The van der Waals surface area contributed by atoms with E-state index in [9.17, 15) is 4.57 Å². The molecule has 1 aromatic heterocycles. The lowest BCUT2D eigenvalue weighted by molar-refractivity contribution is 0.0982.